The summed E-state index contributed by atoms with van der Waals surface area (Å²) in [4.78, 5) is 27.4. The number of benzene rings is 1. The number of carbonyl (C=O) groups excluding carboxylic acids is 2. The summed E-state index contributed by atoms with van der Waals surface area (Å²) in [5.41, 5.74) is 0.957. The van der Waals surface area contributed by atoms with Crippen LogP contribution < -0.4 is 5.32 Å². The van der Waals surface area contributed by atoms with Crippen LogP contribution in [0.4, 0.5) is 0 Å². The Bertz CT molecular complexity index is 460. The smallest absolute Gasteiger partial charge is 0.241 e. The van der Waals surface area contributed by atoms with Crippen LogP contribution >= 0.6 is 0 Å². The monoisotopic (exact) mass is 291 g/mol. The number of amides is 2. The van der Waals surface area contributed by atoms with Gasteiger partial charge in [-0.25, -0.2) is 0 Å². The Labute approximate surface area is 126 Å². The fourth-order valence-electron chi connectivity index (χ4n) is 2.04. The minimum atomic E-state index is -0.328. The van der Waals surface area contributed by atoms with Crippen LogP contribution in [0.2, 0.25) is 0 Å². The van der Waals surface area contributed by atoms with Gasteiger partial charge in [-0.3, -0.25) is 14.5 Å². The summed E-state index contributed by atoms with van der Waals surface area (Å²) in [6.07, 6.45) is 0.316. The highest BCUT2D eigenvalue weighted by Gasteiger charge is 2.23. The lowest BCUT2D eigenvalue weighted by atomic mass is 10.0. The molecule has 0 saturated heterocycles. The zero-order valence-electron chi connectivity index (χ0n) is 13.3. The molecule has 1 N–H and O–H groups in total. The van der Waals surface area contributed by atoms with Crippen molar-refractivity contribution in [3.8, 4) is 0 Å². The van der Waals surface area contributed by atoms with E-state index in [2.05, 4.69) is 5.32 Å². The molecule has 0 aliphatic rings. The molecule has 0 aromatic heterocycles. The predicted octanol–water partition coefficient (Wildman–Crippen LogP) is 1.27. The Balaban J connectivity index is 2.67. The molecule has 21 heavy (non-hydrogen) atoms. The molecule has 1 atom stereocenters. The minimum Gasteiger partial charge on any atom is -0.354 e. The quantitative estimate of drug-likeness (QED) is 0.823. The Morgan fingerprint density at radius 2 is 1.76 bits per heavy atom. The van der Waals surface area contributed by atoms with Gasteiger partial charge in [0, 0.05) is 27.1 Å². The highest BCUT2D eigenvalue weighted by molar-refractivity contribution is 5.84. The van der Waals surface area contributed by atoms with Crippen LogP contribution in [0.15, 0.2) is 30.3 Å². The van der Waals surface area contributed by atoms with E-state index in [4.69, 9.17) is 0 Å². The molecule has 0 radical (unpaired) electrons. The Morgan fingerprint density at radius 1 is 1.14 bits per heavy atom. The molecule has 1 rings (SSSR count). The number of likely N-dealkylation sites (N-methyl/N-ethyl adjacent to an activating group) is 1. The third kappa shape index (κ3) is 5.19. The molecule has 5 nitrogen and oxygen atoms in total. The van der Waals surface area contributed by atoms with Gasteiger partial charge in [0.15, 0.2) is 0 Å². The SMILES string of the molecule is CCN(C)[C@H](C(=O)NCCC(=O)N(C)C)c1ccccc1. The maximum atomic E-state index is 12.4. The summed E-state index contributed by atoms with van der Waals surface area (Å²) in [5.74, 6) is -0.0625. The van der Waals surface area contributed by atoms with Crippen LogP contribution in [0.3, 0.4) is 0 Å². The van der Waals surface area contributed by atoms with E-state index in [0.717, 1.165) is 12.1 Å². The van der Waals surface area contributed by atoms with Crippen molar-refractivity contribution in [1.82, 2.24) is 15.1 Å². The number of rotatable bonds is 7. The van der Waals surface area contributed by atoms with Crippen LogP contribution in [-0.4, -0.2) is 55.8 Å². The molecule has 0 spiro atoms. The predicted molar refractivity (Wildman–Crippen MR) is 83.8 cm³/mol. The first-order valence-corrected chi connectivity index (χ1v) is 7.20. The van der Waals surface area contributed by atoms with E-state index in [1.54, 1.807) is 14.1 Å². The standard InChI is InChI=1S/C16H25N3O2/c1-5-19(4)15(13-9-7-6-8-10-13)16(21)17-12-11-14(20)18(2)3/h6-10,15H,5,11-12H2,1-4H3,(H,17,21)/t15-/m0/s1. The Morgan fingerprint density at radius 3 is 2.29 bits per heavy atom. The third-order valence-electron chi connectivity index (χ3n) is 3.44. The van der Waals surface area contributed by atoms with E-state index in [9.17, 15) is 9.59 Å². The topological polar surface area (TPSA) is 52.7 Å². The van der Waals surface area contributed by atoms with Crippen molar-refractivity contribution >= 4 is 11.8 Å². The summed E-state index contributed by atoms with van der Waals surface area (Å²) in [5, 5.41) is 2.85. The fraction of sp³-hybridized carbons (Fsp3) is 0.500. The Hall–Kier alpha value is -1.88. The fourth-order valence-corrected chi connectivity index (χ4v) is 2.04. The van der Waals surface area contributed by atoms with Gasteiger partial charge in [-0.1, -0.05) is 37.3 Å². The number of hydrogen-bond donors (Lipinski definition) is 1. The number of hydrogen-bond acceptors (Lipinski definition) is 3. The molecule has 5 heteroatoms. The van der Waals surface area contributed by atoms with Crippen molar-refractivity contribution < 1.29 is 9.59 Å². The van der Waals surface area contributed by atoms with Gasteiger partial charge < -0.3 is 10.2 Å². The van der Waals surface area contributed by atoms with Crippen LogP contribution in [0.5, 0.6) is 0 Å². The Kier molecular flexibility index (Phi) is 6.88. The summed E-state index contributed by atoms with van der Waals surface area (Å²) < 4.78 is 0. The van der Waals surface area contributed by atoms with Crippen LogP contribution in [0.1, 0.15) is 24.9 Å². The van der Waals surface area contributed by atoms with Crippen molar-refractivity contribution in [2.75, 3.05) is 34.2 Å². The normalized spacial score (nSPS) is 12.0. The molecule has 116 valence electrons. The van der Waals surface area contributed by atoms with Gasteiger partial charge in [-0.2, -0.15) is 0 Å². The van der Waals surface area contributed by atoms with E-state index in [1.165, 1.54) is 4.90 Å². The first kappa shape index (κ1) is 17.2. The zero-order valence-corrected chi connectivity index (χ0v) is 13.3. The second kappa shape index (κ2) is 8.42. The number of nitrogens with zero attached hydrogens (tertiary/aromatic N) is 2. The molecule has 1 aromatic carbocycles. The number of carbonyl (C=O) groups is 2. The summed E-state index contributed by atoms with van der Waals surface area (Å²) in [6, 6.07) is 9.34. The largest absolute Gasteiger partial charge is 0.354 e. The number of nitrogens with one attached hydrogen (secondary N) is 1. The lowest BCUT2D eigenvalue weighted by molar-refractivity contribution is -0.129. The molecule has 0 bridgehead atoms. The molecule has 1 aromatic rings. The second-order valence-corrected chi connectivity index (χ2v) is 5.22. The highest BCUT2D eigenvalue weighted by atomic mass is 16.2. The van der Waals surface area contributed by atoms with Crippen molar-refractivity contribution in [3.63, 3.8) is 0 Å². The highest BCUT2D eigenvalue weighted by Crippen LogP contribution is 2.19. The molecule has 0 fully saturated rings. The molecule has 0 unspecified atom stereocenters. The van der Waals surface area contributed by atoms with Crippen LogP contribution in [-0.2, 0) is 9.59 Å². The van der Waals surface area contributed by atoms with E-state index in [0.29, 0.717) is 13.0 Å². The van der Waals surface area contributed by atoms with Crippen LogP contribution in [0, 0.1) is 0 Å². The zero-order chi connectivity index (χ0) is 15.8. The molecule has 0 heterocycles. The molecule has 0 saturated carbocycles. The van der Waals surface area contributed by atoms with E-state index in [-0.39, 0.29) is 17.9 Å². The van der Waals surface area contributed by atoms with Crippen molar-refractivity contribution in [1.29, 1.82) is 0 Å². The van der Waals surface area contributed by atoms with Gasteiger partial charge in [0.1, 0.15) is 6.04 Å². The summed E-state index contributed by atoms with van der Waals surface area (Å²) in [7, 11) is 5.34. The van der Waals surface area contributed by atoms with Gasteiger partial charge in [-0.05, 0) is 19.2 Å². The van der Waals surface area contributed by atoms with Gasteiger partial charge in [0.2, 0.25) is 11.8 Å². The maximum Gasteiger partial charge on any atom is 0.241 e. The summed E-state index contributed by atoms with van der Waals surface area (Å²) >= 11 is 0. The lowest BCUT2D eigenvalue weighted by Gasteiger charge is -2.26. The van der Waals surface area contributed by atoms with Gasteiger partial charge >= 0.3 is 0 Å². The molecular formula is C16H25N3O2. The lowest BCUT2D eigenvalue weighted by Crippen LogP contribution is -2.40. The van der Waals surface area contributed by atoms with Gasteiger partial charge in [-0.15, -0.1) is 0 Å². The average molecular weight is 291 g/mol. The molecule has 0 aliphatic heterocycles. The first-order chi connectivity index (χ1) is 9.97. The summed E-state index contributed by atoms with van der Waals surface area (Å²) in [6.45, 7) is 3.14. The third-order valence-corrected chi connectivity index (χ3v) is 3.44. The second-order valence-electron chi connectivity index (χ2n) is 5.22. The van der Waals surface area contributed by atoms with Crippen molar-refractivity contribution in [2.45, 2.75) is 19.4 Å². The molecule has 0 aliphatic carbocycles. The maximum absolute atomic E-state index is 12.4. The first-order valence-electron chi connectivity index (χ1n) is 7.20. The molecule has 2 amide bonds. The minimum absolute atomic E-state index is 0.00964. The van der Waals surface area contributed by atoms with E-state index >= 15 is 0 Å². The van der Waals surface area contributed by atoms with Gasteiger partial charge in [0.25, 0.3) is 0 Å². The van der Waals surface area contributed by atoms with Gasteiger partial charge in [0.05, 0.1) is 0 Å². The van der Waals surface area contributed by atoms with Crippen molar-refractivity contribution in [3.05, 3.63) is 35.9 Å². The average Bonchev–Trinajstić information content (AvgIpc) is 2.48. The van der Waals surface area contributed by atoms with Crippen molar-refractivity contribution in [2.24, 2.45) is 0 Å². The van der Waals surface area contributed by atoms with E-state index < -0.39 is 0 Å². The van der Waals surface area contributed by atoms with Crippen LogP contribution in [0.25, 0.3) is 0 Å². The molecular weight excluding hydrogens is 266 g/mol. The van der Waals surface area contributed by atoms with E-state index in [1.807, 2.05) is 49.2 Å².